The highest BCUT2D eigenvalue weighted by Crippen LogP contribution is 2.28. The topological polar surface area (TPSA) is 0 Å². The molecule has 0 atom stereocenters. The lowest BCUT2D eigenvalue weighted by Gasteiger charge is -2.05. The van der Waals surface area contributed by atoms with Crippen LogP contribution in [-0.4, -0.2) is 0 Å². The summed E-state index contributed by atoms with van der Waals surface area (Å²) in [7, 11) is 0. The third kappa shape index (κ3) is 3.78. The molecule has 13 heavy (non-hydrogen) atoms. The summed E-state index contributed by atoms with van der Waals surface area (Å²) >= 11 is 0. The summed E-state index contributed by atoms with van der Waals surface area (Å²) < 4.78 is 35.8. The molecule has 0 aromatic heterocycles. The first kappa shape index (κ1) is 11.8. The van der Waals surface area contributed by atoms with Gasteiger partial charge in [-0.1, -0.05) is 17.7 Å². The van der Waals surface area contributed by atoms with Crippen molar-refractivity contribution in [1.29, 1.82) is 0 Å². The van der Waals surface area contributed by atoms with Crippen molar-refractivity contribution in [3.05, 3.63) is 48.6 Å². The molecule has 0 saturated heterocycles. The number of alkyl halides is 3. The van der Waals surface area contributed by atoms with Crippen molar-refractivity contribution >= 4 is 0 Å². The largest absolute Gasteiger partial charge is 0.416 e. The van der Waals surface area contributed by atoms with Crippen LogP contribution in [0.5, 0.6) is 0 Å². The predicted octanol–water partition coefficient (Wildman–Crippen LogP) is 3.82. The molecule has 0 fully saturated rings. The minimum absolute atomic E-state index is 0.594. The molecular formula is C10H11F3. The van der Waals surface area contributed by atoms with E-state index in [-0.39, 0.29) is 0 Å². The lowest BCUT2D eigenvalue weighted by molar-refractivity contribution is -0.137. The van der Waals surface area contributed by atoms with Crippen molar-refractivity contribution < 1.29 is 13.2 Å². The van der Waals surface area contributed by atoms with Crippen molar-refractivity contribution in [1.82, 2.24) is 0 Å². The van der Waals surface area contributed by atoms with Gasteiger partial charge in [-0.05, 0) is 19.1 Å². The highest BCUT2D eigenvalue weighted by Gasteiger charge is 2.29. The Morgan fingerprint density at radius 1 is 1.00 bits per heavy atom. The monoisotopic (exact) mass is 188 g/mol. The Labute approximate surface area is 75.7 Å². The zero-order valence-corrected chi connectivity index (χ0v) is 7.36. The van der Waals surface area contributed by atoms with Crippen LogP contribution in [-0.2, 0) is 6.18 Å². The van der Waals surface area contributed by atoms with Crippen molar-refractivity contribution in [3.8, 4) is 0 Å². The fraction of sp³-hybridized carbons (Fsp3) is 0.200. The molecule has 0 bridgehead atoms. The Morgan fingerprint density at radius 2 is 1.38 bits per heavy atom. The number of aryl methyl sites for hydroxylation is 1. The van der Waals surface area contributed by atoms with E-state index in [1.807, 2.05) is 0 Å². The first-order chi connectivity index (χ1) is 6.00. The standard InChI is InChI=1S/C8H7F3.C2H4/c1-6-2-4-7(5-3-6)8(9,10)11;1-2/h2-5H,1H3;1-2H2. The van der Waals surface area contributed by atoms with E-state index in [0.29, 0.717) is 0 Å². The molecule has 0 spiro atoms. The molecule has 0 unspecified atom stereocenters. The van der Waals surface area contributed by atoms with E-state index in [4.69, 9.17) is 0 Å². The number of rotatable bonds is 0. The van der Waals surface area contributed by atoms with Gasteiger partial charge in [0.25, 0.3) is 0 Å². The van der Waals surface area contributed by atoms with Gasteiger partial charge in [-0.3, -0.25) is 0 Å². The zero-order chi connectivity index (χ0) is 10.5. The Bertz CT molecular complexity index is 246. The van der Waals surface area contributed by atoms with E-state index in [1.54, 1.807) is 6.92 Å². The highest BCUT2D eigenvalue weighted by molar-refractivity contribution is 5.23. The van der Waals surface area contributed by atoms with Gasteiger partial charge in [-0.25, -0.2) is 0 Å². The molecule has 0 nitrogen and oxygen atoms in total. The van der Waals surface area contributed by atoms with Crippen molar-refractivity contribution in [2.24, 2.45) is 0 Å². The summed E-state index contributed by atoms with van der Waals surface area (Å²) in [5.74, 6) is 0. The number of halogens is 3. The fourth-order valence-electron chi connectivity index (χ4n) is 0.743. The molecule has 1 aromatic rings. The van der Waals surface area contributed by atoms with Gasteiger partial charge < -0.3 is 0 Å². The molecule has 0 heterocycles. The molecule has 0 aliphatic rings. The molecular weight excluding hydrogens is 177 g/mol. The second-order valence-corrected chi connectivity index (χ2v) is 2.36. The second kappa shape index (κ2) is 4.70. The van der Waals surface area contributed by atoms with Crippen LogP contribution < -0.4 is 0 Å². The van der Waals surface area contributed by atoms with Crippen LogP contribution in [0.25, 0.3) is 0 Å². The Hall–Kier alpha value is -1.25. The molecule has 0 aliphatic heterocycles. The van der Waals surface area contributed by atoms with E-state index in [1.165, 1.54) is 12.1 Å². The fourth-order valence-corrected chi connectivity index (χ4v) is 0.743. The van der Waals surface area contributed by atoms with E-state index in [0.717, 1.165) is 17.7 Å². The van der Waals surface area contributed by atoms with E-state index < -0.39 is 11.7 Å². The first-order valence-corrected chi connectivity index (χ1v) is 3.64. The van der Waals surface area contributed by atoms with Crippen LogP contribution in [0.1, 0.15) is 11.1 Å². The van der Waals surface area contributed by atoms with Gasteiger partial charge in [-0.15, -0.1) is 13.2 Å². The van der Waals surface area contributed by atoms with Gasteiger partial charge in [0.15, 0.2) is 0 Å². The minimum Gasteiger partial charge on any atom is -0.166 e. The van der Waals surface area contributed by atoms with Crippen LogP contribution in [0, 0.1) is 6.92 Å². The predicted molar refractivity (Wildman–Crippen MR) is 47.4 cm³/mol. The van der Waals surface area contributed by atoms with E-state index >= 15 is 0 Å². The molecule has 3 heteroatoms. The normalized spacial score (nSPS) is 10.2. The van der Waals surface area contributed by atoms with Gasteiger partial charge >= 0.3 is 6.18 Å². The van der Waals surface area contributed by atoms with Gasteiger partial charge in [-0.2, -0.15) is 13.2 Å². The van der Waals surface area contributed by atoms with E-state index in [2.05, 4.69) is 13.2 Å². The maximum absolute atomic E-state index is 11.9. The maximum Gasteiger partial charge on any atom is 0.416 e. The number of hydrogen-bond donors (Lipinski definition) is 0. The van der Waals surface area contributed by atoms with Gasteiger partial charge in [0.2, 0.25) is 0 Å². The van der Waals surface area contributed by atoms with Crippen LogP contribution in [0.4, 0.5) is 13.2 Å². The average molecular weight is 188 g/mol. The molecule has 72 valence electrons. The minimum atomic E-state index is -4.21. The second-order valence-electron chi connectivity index (χ2n) is 2.36. The first-order valence-electron chi connectivity index (χ1n) is 3.64. The summed E-state index contributed by atoms with van der Waals surface area (Å²) in [5.41, 5.74) is 0.237. The lowest BCUT2D eigenvalue weighted by atomic mass is 10.1. The van der Waals surface area contributed by atoms with Crippen molar-refractivity contribution in [2.75, 3.05) is 0 Å². The number of benzene rings is 1. The summed E-state index contributed by atoms with van der Waals surface area (Å²) in [6, 6.07) is 5.05. The maximum atomic E-state index is 11.9. The van der Waals surface area contributed by atoms with Crippen molar-refractivity contribution in [2.45, 2.75) is 13.1 Å². The zero-order valence-electron chi connectivity index (χ0n) is 7.36. The molecule has 1 rings (SSSR count). The lowest BCUT2D eigenvalue weighted by Crippen LogP contribution is -2.03. The molecule has 0 N–H and O–H groups in total. The van der Waals surface area contributed by atoms with Crippen LogP contribution in [0.3, 0.4) is 0 Å². The number of hydrogen-bond acceptors (Lipinski definition) is 0. The molecule has 0 amide bonds. The van der Waals surface area contributed by atoms with E-state index in [9.17, 15) is 13.2 Å². The SMILES string of the molecule is C=C.Cc1ccc(C(F)(F)F)cc1. The molecule has 0 radical (unpaired) electrons. The third-order valence-electron chi connectivity index (χ3n) is 1.38. The van der Waals surface area contributed by atoms with Crippen molar-refractivity contribution in [3.63, 3.8) is 0 Å². The average Bonchev–Trinajstić information content (AvgIpc) is 2.07. The van der Waals surface area contributed by atoms with Gasteiger partial charge in [0, 0.05) is 0 Å². The smallest absolute Gasteiger partial charge is 0.166 e. The summed E-state index contributed by atoms with van der Waals surface area (Å²) in [6.07, 6.45) is -4.21. The Balaban J connectivity index is 0.000000671. The molecule has 0 saturated carbocycles. The Morgan fingerprint density at radius 3 is 1.69 bits per heavy atom. The van der Waals surface area contributed by atoms with Crippen LogP contribution in [0.2, 0.25) is 0 Å². The summed E-state index contributed by atoms with van der Waals surface area (Å²) in [4.78, 5) is 0. The summed E-state index contributed by atoms with van der Waals surface area (Å²) in [5, 5.41) is 0. The quantitative estimate of drug-likeness (QED) is 0.543. The van der Waals surface area contributed by atoms with Crippen LogP contribution >= 0.6 is 0 Å². The highest BCUT2D eigenvalue weighted by atomic mass is 19.4. The molecule has 1 aromatic carbocycles. The van der Waals surface area contributed by atoms with Gasteiger partial charge in [0.1, 0.15) is 0 Å². The van der Waals surface area contributed by atoms with Gasteiger partial charge in [0.05, 0.1) is 5.56 Å². The third-order valence-corrected chi connectivity index (χ3v) is 1.38. The molecule has 0 aliphatic carbocycles. The van der Waals surface area contributed by atoms with Crippen LogP contribution in [0.15, 0.2) is 37.4 Å². The Kier molecular flexibility index (Phi) is 4.25. The summed E-state index contributed by atoms with van der Waals surface area (Å²) in [6.45, 7) is 7.75.